The van der Waals surface area contributed by atoms with Crippen LogP contribution in [0.15, 0.2) is 18.2 Å². The fourth-order valence-electron chi connectivity index (χ4n) is 2.79. The average molecular weight is 337 g/mol. The Bertz CT molecular complexity index is 648. The van der Waals surface area contributed by atoms with Gasteiger partial charge < -0.3 is 19.3 Å². The van der Waals surface area contributed by atoms with Crippen LogP contribution < -0.4 is 9.80 Å². The summed E-state index contributed by atoms with van der Waals surface area (Å²) in [5.74, 6) is -0.603. The van der Waals surface area contributed by atoms with Gasteiger partial charge >= 0.3 is 6.09 Å². The summed E-state index contributed by atoms with van der Waals surface area (Å²) >= 11 is 0. The number of cyclic esters (lactones) is 1. The molecule has 2 fully saturated rings. The Labute approximate surface area is 139 Å². The second-order valence-corrected chi connectivity index (χ2v) is 5.81. The number of rotatable bonds is 3. The molecule has 1 atom stereocenters. The van der Waals surface area contributed by atoms with Crippen LogP contribution in [0, 0.1) is 5.82 Å². The predicted molar refractivity (Wildman–Crippen MR) is 85.5 cm³/mol. The highest BCUT2D eigenvalue weighted by Gasteiger charge is 2.36. The average Bonchev–Trinajstić information content (AvgIpc) is 2.96. The summed E-state index contributed by atoms with van der Waals surface area (Å²) in [6, 6.07) is 4.67. The molecule has 0 N–H and O–H groups in total. The van der Waals surface area contributed by atoms with E-state index in [4.69, 9.17) is 9.47 Å². The number of morpholine rings is 1. The molecule has 0 bridgehead atoms. The SMILES string of the molecule is CC(=O)N(C)[C@H]1CN(c2ccc(N3CCOCC3)c(F)c2)C(=O)O1. The molecule has 2 aliphatic rings. The van der Waals surface area contributed by atoms with Crippen LogP contribution in [0.2, 0.25) is 0 Å². The van der Waals surface area contributed by atoms with Gasteiger partial charge in [-0.2, -0.15) is 0 Å². The van der Waals surface area contributed by atoms with Gasteiger partial charge in [0.1, 0.15) is 5.82 Å². The molecular weight excluding hydrogens is 317 g/mol. The highest BCUT2D eigenvalue weighted by molar-refractivity contribution is 5.90. The highest BCUT2D eigenvalue weighted by Crippen LogP contribution is 2.28. The Morgan fingerprint density at radius 3 is 2.67 bits per heavy atom. The van der Waals surface area contributed by atoms with Crippen LogP contribution in [0.25, 0.3) is 0 Å². The molecule has 0 aliphatic carbocycles. The maximum absolute atomic E-state index is 14.5. The van der Waals surface area contributed by atoms with Crippen LogP contribution in [0.1, 0.15) is 6.92 Å². The van der Waals surface area contributed by atoms with E-state index in [2.05, 4.69) is 0 Å². The first kappa shape index (κ1) is 16.5. The first-order chi connectivity index (χ1) is 11.5. The van der Waals surface area contributed by atoms with Crippen LogP contribution in [-0.4, -0.2) is 63.0 Å². The molecule has 2 aliphatic heterocycles. The monoisotopic (exact) mass is 337 g/mol. The number of likely N-dealkylation sites (N-methyl/N-ethyl adjacent to an activating group) is 1. The zero-order chi connectivity index (χ0) is 17.3. The molecule has 8 heteroatoms. The van der Waals surface area contributed by atoms with E-state index in [1.54, 1.807) is 19.2 Å². The number of halogens is 1. The van der Waals surface area contributed by atoms with Gasteiger partial charge in [-0.3, -0.25) is 9.69 Å². The van der Waals surface area contributed by atoms with Crippen LogP contribution in [0.5, 0.6) is 0 Å². The van der Waals surface area contributed by atoms with Crippen molar-refractivity contribution in [2.75, 3.05) is 49.7 Å². The third-order valence-corrected chi connectivity index (χ3v) is 4.32. The molecule has 0 unspecified atom stereocenters. The number of hydrogen-bond donors (Lipinski definition) is 0. The van der Waals surface area contributed by atoms with Crippen molar-refractivity contribution >= 4 is 23.4 Å². The van der Waals surface area contributed by atoms with Crippen molar-refractivity contribution in [3.05, 3.63) is 24.0 Å². The summed E-state index contributed by atoms with van der Waals surface area (Å²) in [6.07, 6.45) is -1.26. The van der Waals surface area contributed by atoms with E-state index in [-0.39, 0.29) is 12.5 Å². The van der Waals surface area contributed by atoms with E-state index in [1.807, 2.05) is 4.90 Å². The van der Waals surface area contributed by atoms with Gasteiger partial charge in [0, 0.05) is 27.1 Å². The number of benzene rings is 1. The molecule has 1 aromatic carbocycles. The summed E-state index contributed by atoms with van der Waals surface area (Å²) < 4.78 is 24.9. The molecule has 0 saturated carbocycles. The zero-order valence-electron chi connectivity index (χ0n) is 13.7. The third-order valence-electron chi connectivity index (χ3n) is 4.32. The summed E-state index contributed by atoms with van der Waals surface area (Å²) in [4.78, 5) is 28.0. The summed E-state index contributed by atoms with van der Waals surface area (Å²) in [6.45, 7) is 3.97. The van der Waals surface area contributed by atoms with Crippen LogP contribution in [-0.2, 0) is 14.3 Å². The van der Waals surface area contributed by atoms with E-state index in [1.165, 1.54) is 22.8 Å². The van der Waals surface area contributed by atoms with Crippen LogP contribution in [0.3, 0.4) is 0 Å². The molecule has 2 saturated heterocycles. The molecule has 0 radical (unpaired) electrons. The van der Waals surface area contributed by atoms with E-state index in [0.29, 0.717) is 37.7 Å². The Kier molecular flexibility index (Phi) is 4.57. The standard InChI is InChI=1S/C16H20FN3O4/c1-11(21)18(2)15-10-20(16(22)24-15)12-3-4-14(13(17)9-12)19-5-7-23-8-6-19/h3-4,9,15H,5-8,10H2,1-2H3/t15-/m1/s1. The molecular formula is C16H20FN3O4. The molecule has 1 aromatic rings. The van der Waals surface area contributed by atoms with Gasteiger partial charge in [0.25, 0.3) is 0 Å². The fourth-order valence-corrected chi connectivity index (χ4v) is 2.79. The van der Waals surface area contributed by atoms with Gasteiger partial charge in [-0.25, -0.2) is 9.18 Å². The minimum atomic E-state index is -0.669. The van der Waals surface area contributed by atoms with Gasteiger partial charge in [0.15, 0.2) is 6.23 Å². The number of carbonyl (C=O) groups excluding carboxylic acids is 2. The second kappa shape index (κ2) is 6.64. The number of carbonyl (C=O) groups is 2. The Morgan fingerprint density at radius 2 is 2.04 bits per heavy atom. The topological polar surface area (TPSA) is 62.3 Å². The van der Waals surface area contributed by atoms with Crippen molar-refractivity contribution in [1.29, 1.82) is 0 Å². The van der Waals surface area contributed by atoms with E-state index in [0.717, 1.165) is 0 Å². The summed E-state index contributed by atoms with van der Waals surface area (Å²) in [5, 5.41) is 0. The van der Waals surface area contributed by atoms with Gasteiger partial charge in [0.2, 0.25) is 5.91 Å². The molecule has 24 heavy (non-hydrogen) atoms. The Hall–Kier alpha value is -2.35. The Morgan fingerprint density at radius 1 is 1.33 bits per heavy atom. The molecule has 7 nitrogen and oxygen atoms in total. The summed E-state index contributed by atoms with van der Waals surface area (Å²) in [7, 11) is 1.56. The lowest BCUT2D eigenvalue weighted by Gasteiger charge is -2.29. The largest absolute Gasteiger partial charge is 0.423 e. The number of hydrogen-bond acceptors (Lipinski definition) is 5. The molecule has 3 rings (SSSR count). The smallest absolute Gasteiger partial charge is 0.416 e. The van der Waals surface area contributed by atoms with Gasteiger partial charge in [-0.1, -0.05) is 0 Å². The predicted octanol–water partition coefficient (Wildman–Crippen LogP) is 1.42. The lowest BCUT2D eigenvalue weighted by atomic mass is 10.2. The normalized spacial score (nSPS) is 21.0. The number of anilines is 2. The molecule has 2 amide bonds. The second-order valence-electron chi connectivity index (χ2n) is 5.81. The molecule has 130 valence electrons. The molecule has 0 spiro atoms. The van der Waals surface area contributed by atoms with Crippen molar-refractivity contribution in [2.45, 2.75) is 13.2 Å². The van der Waals surface area contributed by atoms with Gasteiger partial charge in [-0.05, 0) is 18.2 Å². The third kappa shape index (κ3) is 3.14. The zero-order valence-corrected chi connectivity index (χ0v) is 13.7. The Balaban J connectivity index is 1.76. The maximum Gasteiger partial charge on any atom is 0.416 e. The first-order valence-corrected chi connectivity index (χ1v) is 7.81. The fraction of sp³-hybridized carbons (Fsp3) is 0.500. The molecule has 0 aromatic heterocycles. The van der Waals surface area contributed by atoms with Crippen molar-refractivity contribution in [1.82, 2.24) is 4.90 Å². The van der Waals surface area contributed by atoms with Crippen molar-refractivity contribution in [3.8, 4) is 0 Å². The molecule has 2 heterocycles. The van der Waals surface area contributed by atoms with E-state index >= 15 is 0 Å². The van der Waals surface area contributed by atoms with E-state index < -0.39 is 18.1 Å². The minimum absolute atomic E-state index is 0.172. The maximum atomic E-state index is 14.5. The first-order valence-electron chi connectivity index (χ1n) is 7.81. The van der Waals surface area contributed by atoms with Gasteiger partial charge in [-0.15, -0.1) is 0 Å². The summed E-state index contributed by atoms with van der Waals surface area (Å²) in [5.41, 5.74) is 0.904. The highest BCUT2D eigenvalue weighted by atomic mass is 19.1. The van der Waals surface area contributed by atoms with Crippen molar-refractivity contribution < 1.29 is 23.5 Å². The van der Waals surface area contributed by atoms with Crippen LogP contribution >= 0.6 is 0 Å². The van der Waals surface area contributed by atoms with Gasteiger partial charge in [0.05, 0.1) is 31.1 Å². The number of ether oxygens (including phenoxy) is 2. The van der Waals surface area contributed by atoms with Crippen molar-refractivity contribution in [2.24, 2.45) is 0 Å². The van der Waals surface area contributed by atoms with Crippen LogP contribution in [0.4, 0.5) is 20.6 Å². The van der Waals surface area contributed by atoms with E-state index in [9.17, 15) is 14.0 Å². The quantitative estimate of drug-likeness (QED) is 0.835. The lowest BCUT2D eigenvalue weighted by Crippen LogP contribution is -2.38. The number of amides is 2. The lowest BCUT2D eigenvalue weighted by molar-refractivity contribution is -0.134. The number of nitrogens with zero attached hydrogens (tertiary/aromatic N) is 3. The minimum Gasteiger partial charge on any atom is -0.423 e. The van der Waals surface area contributed by atoms with Crippen molar-refractivity contribution in [3.63, 3.8) is 0 Å².